The zero-order valence-corrected chi connectivity index (χ0v) is 14.3. The van der Waals surface area contributed by atoms with Crippen molar-refractivity contribution in [2.24, 2.45) is 10.8 Å². The van der Waals surface area contributed by atoms with Gasteiger partial charge in [-0.2, -0.15) is 5.10 Å². The molecule has 0 amide bonds. The summed E-state index contributed by atoms with van der Waals surface area (Å²) in [6, 6.07) is 7.92. The standard InChI is InChI=1S/C15H17N7O2S/c1-8-2-4-9(5-3-8)13-18-20-21-22(13)11-6-10(17-19-15(16)25)14-23-7-12(11)24-14/h2-5,11-12,14H,6-7H2,1H3,(H3,16,19,25)/b17-10-/t11-,12+,14-/m0/s1. The van der Waals surface area contributed by atoms with Crippen LogP contribution in [0.3, 0.4) is 0 Å². The molecule has 2 aliphatic heterocycles. The van der Waals surface area contributed by atoms with Gasteiger partial charge in [0.05, 0.1) is 18.4 Å². The Balaban J connectivity index is 1.65. The zero-order chi connectivity index (χ0) is 17.4. The third kappa shape index (κ3) is 3.11. The van der Waals surface area contributed by atoms with Gasteiger partial charge in [-0.25, -0.2) is 4.68 Å². The third-order valence-electron chi connectivity index (χ3n) is 4.26. The molecule has 2 fully saturated rings. The Hall–Kier alpha value is -2.43. The van der Waals surface area contributed by atoms with E-state index in [9.17, 15) is 0 Å². The summed E-state index contributed by atoms with van der Waals surface area (Å²) in [6.45, 7) is 2.49. The second kappa shape index (κ2) is 6.47. The average Bonchev–Trinajstić information content (AvgIpc) is 3.23. The quantitative estimate of drug-likeness (QED) is 0.603. The number of benzene rings is 1. The molecular formula is C15H17N7O2S. The first-order valence-corrected chi connectivity index (χ1v) is 8.26. The highest BCUT2D eigenvalue weighted by atomic mass is 32.1. The lowest BCUT2D eigenvalue weighted by atomic mass is 10.0. The van der Waals surface area contributed by atoms with Crippen LogP contribution in [0.25, 0.3) is 11.4 Å². The SMILES string of the molecule is Cc1ccc(-c2nnnn2[C@H]2C/C(=N/NC(N)=S)[C@H]3OC[C@H]2O3)cc1. The van der Waals surface area contributed by atoms with E-state index in [4.69, 9.17) is 27.4 Å². The molecule has 0 saturated carbocycles. The monoisotopic (exact) mass is 359 g/mol. The van der Waals surface area contributed by atoms with Gasteiger partial charge in [0.15, 0.2) is 17.2 Å². The van der Waals surface area contributed by atoms with E-state index in [2.05, 4.69) is 26.1 Å². The summed E-state index contributed by atoms with van der Waals surface area (Å²) < 4.78 is 13.3. The van der Waals surface area contributed by atoms with Crippen LogP contribution < -0.4 is 11.2 Å². The number of nitrogens with zero attached hydrogens (tertiary/aromatic N) is 5. The topological polar surface area (TPSA) is 112 Å². The first-order chi connectivity index (χ1) is 12.1. The molecule has 2 saturated heterocycles. The molecule has 10 heteroatoms. The highest BCUT2D eigenvalue weighted by molar-refractivity contribution is 7.80. The summed E-state index contributed by atoms with van der Waals surface area (Å²) in [7, 11) is 0. The van der Waals surface area contributed by atoms with Crippen LogP contribution >= 0.6 is 12.2 Å². The van der Waals surface area contributed by atoms with Crippen LogP contribution in [0.1, 0.15) is 18.0 Å². The van der Waals surface area contributed by atoms with Gasteiger partial charge in [-0.3, -0.25) is 5.43 Å². The van der Waals surface area contributed by atoms with Crippen LogP contribution in [0.15, 0.2) is 29.4 Å². The molecule has 0 spiro atoms. The van der Waals surface area contributed by atoms with Gasteiger partial charge in [0.2, 0.25) is 0 Å². The highest BCUT2D eigenvalue weighted by Gasteiger charge is 2.44. The van der Waals surface area contributed by atoms with Gasteiger partial charge >= 0.3 is 0 Å². The van der Waals surface area contributed by atoms with Crippen molar-refractivity contribution in [3.63, 3.8) is 0 Å². The fourth-order valence-electron chi connectivity index (χ4n) is 3.02. The predicted molar refractivity (Wildman–Crippen MR) is 93.6 cm³/mol. The molecule has 25 heavy (non-hydrogen) atoms. The van der Waals surface area contributed by atoms with Crippen LogP contribution in [0, 0.1) is 6.92 Å². The van der Waals surface area contributed by atoms with Gasteiger partial charge < -0.3 is 15.2 Å². The van der Waals surface area contributed by atoms with E-state index < -0.39 is 6.29 Å². The number of ether oxygens (including phenoxy) is 2. The minimum atomic E-state index is -0.484. The molecule has 0 aliphatic carbocycles. The Morgan fingerprint density at radius 2 is 2.20 bits per heavy atom. The summed E-state index contributed by atoms with van der Waals surface area (Å²) in [4.78, 5) is 0. The van der Waals surface area contributed by atoms with Gasteiger partial charge in [-0.15, -0.1) is 5.10 Å². The average molecular weight is 359 g/mol. The van der Waals surface area contributed by atoms with Crippen molar-refractivity contribution in [2.75, 3.05) is 6.61 Å². The largest absolute Gasteiger partial charge is 0.375 e. The van der Waals surface area contributed by atoms with Gasteiger partial charge in [-0.1, -0.05) is 29.8 Å². The Morgan fingerprint density at radius 1 is 1.40 bits per heavy atom. The number of hydrogen-bond donors (Lipinski definition) is 2. The van der Waals surface area contributed by atoms with Gasteiger partial charge in [0.25, 0.3) is 0 Å². The molecule has 3 N–H and O–H groups in total. The molecule has 2 bridgehead atoms. The summed E-state index contributed by atoms with van der Waals surface area (Å²) in [5.41, 5.74) is 10.8. The maximum atomic E-state index is 5.90. The Bertz CT molecular complexity index is 820. The Kier molecular flexibility index (Phi) is 4.15. The van der Waals surface area contributed by atoms with Gasteiger partial charge in [0.1, 0.15) is 6.10 Å². The zero-order valence-electron chi connectivity index (χ0n) is 13.5. The van der Waals surface area contributed by atoms with E-state index in [1.807, 2.05) is 31.2 Å². The summed E-state index contributed by atoms with van der Waals surface area (Å²) in [5, 5.41) is 16.5. The van der Waals surface area contributed by atoms with Crippen LogP contribution in [0.4, 0.5) is 0 Å². The maximum absolute atomic E-state index is 5.90. The van der Waals surface area contributed by atoms with Gasteiger partial charge in [0, 0.05) is 12.0 Å². The van der Waals surface area contributed by atoms with E-state index in [1.54, 1.807) is 4.68 Å². The number of thiocarbonyl (C=S) groups is 1. The van der Waals surface area contributed by atoms with Crippen LogP contribution in [0.2, 0.25) is 0 Å². The molecule has 3 atom stereocenters. The first-order valence-electron chi connectivity index (χ1n) is 7.85. The Labute approximate surface area is 149 Å². The van der Waals surface area contributed by atoms with E-state index in [-0.39, 0.29) is 17.3 Å². The maximum Gasteiger partial charge on any atom is 0.199 e. The molecule has 4 rings (SSSR count). The number of nitrogens with two attached hydrogens (primary N) is 1. The second-order valence-corrected chi connectivity index (χ2v) is 6.44. The molecule has 3 heterocycles. The lowest BCUT2D eigenvalue weighted by Crippen LogP contribution is -2.39. The van der Waals surface area contributed by atoms with Crippen molar-refractivity contribution < 1.29 is 9.47 Å². The molecule has 1 aromatic heterocycles. The van der Waals surface area contributed by atoms with Crippen LogP contribution in [-0.2, 0) is 9.47 Å². The van der Waals surface area contributed by atoms with Crippen molar-refractivity contribution in [2.45, 2.75) is 31.8 Å². The fourth-order valence-corrected chi connectivity index (χ4v) is 3.06. The van der Waals surface area contributed by atoms with E-state index >= 15 is 0 Å². The lowest BCUT2D eigenvalue weighted by molar-refractivity contribution is -0.0320. The summed E-state index contributed by atoms with van der Waals surface area (Å²) in [5.74, 6) is 0.681. The van der Waals surface area contributed by atoms with Crippen LogP contribution in [0.5, 0.6) is 0 Å². The molecule has 1 aromatic carbocycles. The Morgan fingerprint density at radius 3 is 2.96 bits per heavy atom. The van der Waals surface area contributed by atoms with Crippen molar-refractivity contribution in [1.29, 1.82) is 0 Å². The van der Waals surface area contributed by atoms with Gasteiger partial charge in [-0.05, 0) is 29.6 Å². The lowest BCUT2D eigenvalue weighted by Gasteiger charge is -2.28. The van der Waals surface area contributed by atoms with Crippen molar-refractivity contribution >= 4 is 23.0 Å². The summed E-state index contributed by atoms with van der Waals surface area (Å²) >= 11 is 4.79. The smallest absolute Gasteiger partial charge is 0.199 e. The second-order valence-electron chi connectivity index (χ2n) is 6.00. The fraction of sp³-hybridized carbons (Fsp3) is 0.400. The van der Waals surface area contributed by atoms with Crippen molar-refractivity contribution in [3.8, 4) is 11.4 Å². The molecule has 2 aliphatic rings. The number of fused-ring (bicyclic) bond motifs is 2. The predicted octanol–water partition coefficient (Wildman–Crippen LogP) is 0.524. The molecule has 2 aromatic rings. The van der Waals surface area contributed by atoms with E-state index in [0.29, 0.717) is 24.6 Å². The third-order valence-corrected chi connectivity index (χ3v) is 4.35. The van der Waals surface area contributed by atoms with E-state index in [0.717, 1.165) is 5.56 Å². The number of aromatic nitrogens is 4. The summed E-state index contributed by atoms with van der Waals surface area (Å²) in [6.07, 6.45) is -0.0432. The minimum absolute atomic E-state index is 0.0898. The minimum Gasteiger partial charge on any atom is -0.375 e. The number of rotatable bonds is 3. The molecule has 9 nitrogen and oxygen atoms in total. The number of hydrogen-bond acceptors (Lipinski definition) is 7. The molecule has 0 unspecified atom stereocenters. The number of aryl methyl sites for hydroxylation is 1. The normalized spacial score (nSPS) is 26.8. The molecular weight excluding hydrogens is 342 g/mol. The van der Waals surface area contributed by atoms with E-state index in [1.165, 1.54) is 5.56 Å². The number of tetrazole rings is 1. The highest BCUT2D eigenvalue weighted by Crippen LogP contribution is 2.35. The molecule has 130 valence electrons. The van der Waals surface area contributed by atoms with Crippen molar-refractivity contribution in [1.82, 2.24) is 25.6 Å². The number of hydrazone groups is 1. The first kappa shape index (κ1) is 16.1. The molecule has 0 radical (unpaired) electrons. The number of nitrogens with one attached hydrogen (secondary N) is 1. The van der Waals surface area contributed by atoms with Crippen molar-refractivity contribution in [3.05, 3.63) is 29.8 Å². The van der Waals surface area contributed by atoms with Crippen LogP contribution in [-0.4, -0.2) is 50.0 Å².